The average molecular weight is 456 g/mol. The molecule has 0 aliphatic rings. The number of pyridine rings is 2. The van der Waals surface area contributed by atoms with Crippen molar-refractivity contribution in [3.8, 4) is 0 Å². The van der Waals surface area contributed by atoms with Crippen molar-refractivity contribution in [1.82, 2.24) is 20.8 Å². The molecule has 2 amide bonds. The fourth-order valence-electron chi connectivity index (χ4n) is 1.37. The monoisotopic (exact) mass is 456 g/mol. The minimum atomic E-state index is -4.67. The van der Waals surface area contributed by atoms with Gasteiger partial charge < -0.3 is 22.9 Å². The molecule has 0 radical (unpaired) electrons. The molecule has 12 N–H and O–H groups in total. The van der Waals surface area contributed by atoms with Gasteiger partial charge in [0, 0.05) is 35.9 Å². The molecule has 17 heteroatoms. The van der Waals surface area contributed by atoms with Crippen molar-refractivity contribution >= 4 is 34.1 Å². The van der Waals surface area contributed by atoms with E-state index in [0.29, 0.717) is 11.1 Å². The standard InChI is InChI=1S/2C7H9N5O.H2O4S/c2*8-7(9)12-11-6(13)5-1-3-10-4-2-5;1-5(2,3)4/h2*1-4H,(H,11,13)(H4,8,9,12);(H2,1,2,3,4). The molecule has 0 atom stereocenters. The molecule has 0 fully saturated rings. The molecule has 2 rings (SSSR count). The molecule has 168 valence electrons. The zero-order chi connectivity index (χ0) is 23.9. The van der Waals surface area contributed by atoms with Crippen molar-refractivity contribution in [3.63, 3.8) is 0 Å². The summed E-state index contributed by atoms with van der Waals surface area (Å²) in [5, 5.41) is 6.71. The number of amides is 2. The minimum absolute atomic E-state index is 0.192. The number of carbonyl (C=O) groups is 2. The summed E-state index contributed by atoms with van der Waals surface area (Å²) in [7, 11) is -4.67. The van der Waals surface area contributed by atoms with Crippen LogP contribution in [0.2, 0.25) is 0 Å². The highest BCUT2D eigenvalue weighted by Gasteiger charge is 2.02. The second-order valence-corrected chi connectivity index (χ2v) is 5.77. The van der Waals surface area contributed by atoms with Gasteiger partial charge in [-0.1, -0.05) is 0 Å². The van der Waals surface area contributed by atoms with E-state index in [1.165, 1.54) is 24.8 Å². The Bertz CT molecular complexity index is 915. The summed E-state index contributed by atoms with van der Waals surface area (Å²) in [6.45, 7) is 0. The van der Waals surface area contributed by atoms with E-state index in [2.05, 4.69) is 31.0 Å². The Hall–Kier alpha value is -4.35. The maximum Gasteiger partial charge on any atom is 0.394 e. The number of nitrogens with two attached hydrogens (primary N) is 4. The third-order valence-corrected chi connectivity index (χ3v) is 2.46. The normalized spacial score (nSPS) is 9.35. The zero-order valence-corrected chi connectivity index (χ0v) is 16.5. The molecule has 2 aromatic rings. The van der Waals surface area contributed by atoms with Gasteiger partial charge in [-0.15, -0.1) is 10.2 Å². The number of nitrogens with one attached hydrogen (secondary N) is 2. The first-order chi connectivity index (χ1) is 14.4. The first-order valence-corrected chi connectivity index (χ1v) is 9.07. The van der Waals surface area contributed by atoms with Gasteiger partial charge in [0.25, 0.3) is 11.8 Å². The van der Waals surface area contributed by atoms with Crippen LogP contribution in [0.25, 0.3) is 0 Å². The number of hydrogen-bond acceptors (Lipinski definition) is 8. The fraction of sp³-hybridized carbons (Fsp3) is 0. The van der Waals surface area contributed by atoms with E-state index in [0.717, 1.165) is 0 Å². The van der Waals surface area contributed by atoms with Crippen LogP contribution < -0.4 is 33.8 Å². The summed E-state index contributed by atoms with van der Waals surface area (Å²) in [6.07, 6.45) is 6.02. The lowest BCUT2D eigenvalue weighted by atomic mass is 10.3. The lowest BCUT2D eigenvalue weighted by Crippen LogP contribution is -2.28. The molecule has 0 saturated carbocycles. The molecule has 16 nitrogen and oxygen atoms in total. The van der Waals surface area contributed by atoms with Crippen molar-refractivity contribution in [2.75, 3.05) is 0 Å². The summed E-state index contributed by atoms with van der Waals surface area (Å²) in [5.74, 6) is -1.14. The topological polar surface area (TPSA) is 287 Å². The Morgan fingerprint density at radius 1 is 0.742 bits per heavy atom. The van der Waals surface area contributed by atoms with E-state index < -0.39 is 10.4 Å². The quantitative estimate of drug-likeness (QED) is 0.101. The Balaban J connectivity index is 0.000000479. The van der Waals surface area contributed by atoms with Crippen LogP contribution in [0, 0.1) is 0 Å². The predicted molar refractivity (Wildman–Crippen MR) is 109 cm³/mol. The lowest BCUT2D eigenvalue weighted by Gasteiger charge is -1.98. The molecule has 0 aliphatic heterocycles. The van der Waals surface area contributed by atoms with Crippen LogP contribution in [0.5, 0.6) is 0 Å². The van der Waals surface area contributed by atoms with Crippen LogP contribution in [0.15, 0.2) is 59.3 Å². The largest absolute Gasteiger partial charge is 0.394 e. The lowest BCUT2D eigenvalue weighted by molar-refractivity contribution is 0.0946. The van der Waals surface area contributed by atoms with Crippen LogP contribution >= 0.6 is 0 Å². The molecule has 2 heterocycles. The van der Waals surface area contributed by atoms with Gasteiger partial charge in [-0.2, -0.15) is 8.42 Å². The number of guanidine groups is 2. The van der Waals surface area contributed by atoms with Crippen molar-refractivity contribution in [1.29, 1.82) is 0 Å². The summed E-state index contributed by atoms with van der Waals surface area (Å²) in [4.78, 5) is 29.9. The van der Waals surface area contributed by atoms with Crippen molar-refractivity contribution in [2.45, 2.75) is 0 Å². The van der Waals surface area contributed by atoms with Gasteiger partial charge in [-0.25, -0.2) is 10.9 Å². The maximum atomic E-state index is 11.2. The molecule has 0 spiro atoms. The highest BCUT2D eigenvalue weighted by Crippen LogP contribution is 1.95. The van der Waals surface area contributed by atoms with E-state index in [1.54, 1.807) is 24.3 Å². The summed E-state index contributed by atoms with van der Waals surface area (Å²) >= 11 is 0. The van der Waals surface area contributed by atoms with E-state index in [-0.39, 0.29) is 23.7 Å². The smallest absolute Gasteiger partial charge is 0.369 e. The molecule has 0 unspecified atom stereocenters. The van der Waals surface area contributed by atoms with Gasteiger partial charge in [-0.3, -0.25) is 28.7 Å². The molecule has 0 bridgehead atoms. The molecular formula is C14H20N10O6S. The zero-order valence-electron chi connectivity index (χ0n) is 15.7. The van der Waals surface area contributed by atoms with Crippen LogP contribution in [-0.4, -0.2) is 51.2 Å². The first-order valence-electron chi connectivity index (χ1n) is 7.68. The number of rotatable bonds is 4. The van der Waals surface area contributed by atoms with Gasteiger partial charge >= 0.3 is 10.4 Å². The van der Waals surface area contributed by atoms with E-state index >= 15 is 0 Å². The highest BCUT2D eigenvalue weighted by atomic mass is 32.3. The number of hydrogen-bond donors (Lipinski definition) is 8. The van der Waals surface area contributed by atoms with Gasteiger partial charge in [0.15, 0.2) is 0 Å². The maximum absolute atomic E-state index is 11.2. The number of nitrogens with zero attached hydrogens (tertiary/aromatic N) is 4. The Morgan fingerprint density at radius 3 is 1.23 bits per heavy atom. The fourth-order valence-corrected chi connectivity index (χ4v) is 1.37. The third kappa shape index (κ3) is 16.3. The molecule has 2 aromatic heterocycles. The van der Waals surface area contributed by atoms with Gasteiger partial charge in [0.2, 0.25) is 11.9 Å². The second kappa shape index (κ2) is 13.8. The number of carbonyl (C=O) groups excluding carboxylic acids is 2. The molecule has 0 aromatic carbocycles. The van der Waals surface area contributed by atoms with Crippen LogP contribution in [0.3, 0.4) is 0 Å². The molecule has 0 aliphatic carbocycles. The first kappa shape index (κ1) is 26.6. The van der Waals surface area contributed by atoms with Crippen molar-refractivity contribution in [3.05, 3.63) is 60.2 Å². The summed E-state index contributed by atoms with van der Waals surface area (Å²) in [6, 6.07) is 6.21. The minimum Gasteiger partial charge on any atom is -0.369 e. The SMILES string of the molecule is NC(N)=NNC(=O)c1ccncc1.NC(N)=NNC(=O)c1ccncc1.O=S(=O)(O)O. The van der Waals surface area contributed by atoms with E-state index in [1.807, 2.05) is 0 Å². The van der Waals surface area contributed by atoms with Crippen LogP contribution in [-0.2, 0) is 10.4 Å². The summed E-state index contributed by atoms with van der Waals surface area (Å²) < 4.78 is 31.6. The van der Waals surface area contributed by atoms with E-state index in [4.69, 9.17) is 40.5 Å². The Labute approximate surface area is 176 Å². The number of aromatic nitrogens is 2. The number of hydrazone groups is 2. The van der Waals surface area contributed by atoms with Crippen LogP contribution in [0.4, 0.5) is 0 Å². The molecule has 0 saturated heterocycles. The van der Waals surface area contributed by atoms with Crippen LogP contribution in [0.1, 0.15) is 20.7 Å². The van der Waals surface area contributed by atoms with Gasteiger partial charge in [-0.05, 0) is 24.3 Å². The van der Waals surface area contributed by atoms with Gasteiger partial charge in [0.1, 0.15) is 0 Å². The molecule has 31 heavy (non-hydrogen) atoms. The third-order valence-electron chi connectivity index (χ3n) is 2.46. The predicted octanol–water partition coefficient (Wildman–Crippen LogP) is -2.65. The summed E-state index contributed by atoms with van der Waals surface area (Å²) in [5.41, 5.74) is 25.3. The second-order valence-electron chi connectivity index (χ2n) is 4.87. The Morgan fingerprint density at radius 2 is 1.00 bits per heavy atom. The van der Waals surface area contributed by atoms with Crippen molar-refractivity contribution < 1.29 is 27.1 Å². The van der Waals surface area contributed by atoms with E-state index in [9.17, 15) is 9.59 Å². The Kier molecular flexibility index (Phi) is 11.8. The molecular weight excluding hydrogens is 436 g/mol. The van der Waals surface area contributed by atoms with Crippen molar-refractivity contribution in [2.24, 2.45) is 33.1 Å². The highest BCUT2D eigenvalue weighted by molar-refractivity contribution is 7.79. The van der Waals surface area contributed by atoms with Gasteiger partial charge in [0.05, 0.1) is 0 Å². The average Bonchev–Trinajstić information content (AvgIpc) is 2.70.